The fourth-order valence-corrected chi connectivity index (χ4v) is 3.05. The lowest BCUT2D eigenvalue weighted by atomic mass is 10.2. The first-order valence-corrected chi connectivity index (χ1v) is 8.34. The molecule has 0 aliphatic heterocycles. The Labute approximate surface area is 147 Å². The van der Waals surface area contributed by atoms with Crippen LogP contribution < -0.4 is 10.1 Å². The number of methoxy groups -OCH3 is 2. The lowest BCUT2D eigenvalue weighted by Gasteiger charge is -2.03. The number of hydrogen-bond donors (Lipinski definition) is 1. The number of rotatable bonds is 6. The Kier molecular flexibility index (Phi) is 4.94. The van der Waals surface area contributed by atoms with Crippen molar-refractivity contribution < 1.29 is 19.1 Å². The lowest BCUT2D eigenvalue weighted by Crippen LogP contribution is -2.14. The van der Waals surface area contributed by atoms with Gasteiger partial charge in [0.05, 0.1) is 26.3 Å². The van der Waals surface area contributed by atoms with E-state index in [0.29, 0.717) is 4.96 Å². The van der Waals surface area contributed by atoms with E-state index in [2.05, 4.69) is 20.1 Å². The third kappa shape index (κ3) is 3.77. The number of nitrogens with one attached hydrogen (secondary N) is 1. The van der Waals surface area contributed by atoms with Gasteiger partial charge in [-0.15, -0.1) is 16.4 Å². The van der Waals surface area contributed by atoms with E-state index in [0.717, 1.165) is 17.0 Å². The van der Waals surface area contributed by atoms with Crippen LogP contribution in [0.4, 0.5) is 5.95 Å². The number of carbonyl (C=O) groups is 2. The van der Waals surface area contributed by atoms with Crippen molar-refractivity contribution in [2.45, 2.75) is 12.8 Å². The maximum absolute atomic E-state index is 11.8. The Morgan fingerprint density at radius 1 is 1.28 bits per heavy atom. The van der Waals surface area contributed by atoms with Crippen LogP contribution in [0.1, 0.15) is 12.8 Å². The maximum atomic E-state index is 11.8. The molecule has 0 unspecified atom stereocenters. The molecule has 130 valence electrons. The van der Waals surface area contributed by atoms with Gasteiger partial charge in [0.2, 0.25) is 16.8 Å². The Morgan fingerprint density at radius 3 is 2.88 bits per heavy atom. The van der Waals surface area contributed by atoms with Gasteiger partial charge in [0.25, 0.3) is 0 Å². The summed E-state index contributed by atoms with van der Waals surface area (Å²) in [6.45, 7) is 0. The third-order valence-electron chi connectivity index (χ3n) is 3.48. The van der Waals surface area contributed by atoms with Crippen molar-refractivity contribution in [1.82, 2.24) is 14.6 Å². The van der Waals surface area contributed by atoms with E-state index in [-0.39, 0.29) is 24.7 Å². The molecule has 0 spiro atoms. The van der Waals surface area contributed by atoms with Crippen molar-refractivity contribution >= 4 is 34.1 Å². The smallest absolute Gasteiger partial charge is 0.306 e. The largest absolute Gasteiger partial charge is 0.497 e. The van der Waals surface area contributed by atoms with Crippen LogP contribution in [0.3, 0.4) is 0 Å². The van der Waals surface area contributed by atoms with Gasteiger partial charge >= 0.3 is 5.97 Å². The molecule has 1 amide bonds. The SMILES string of the molecule is COC(=O)CCC(=O)Nc1nc2scc(-c3cccc(OC)c3)n2n1. The van der Waals surface area contributed by atoms with Gasteiger partial charge in [0.15, 0.2) is 0 Å². The van der Waals surface area contributed by atoms with Gasteiger partial charge in [-0.1, -0.05) is 12.1 Å². The molecular weight excluding hydrogens is 344 g/mol. The molecule has 2 heterocycles. The van der Waals surface area contributed by atoms with Crippen LogP contribution in [0.15, 0.2) is 29.6 Å². The van der Waals surface area contributed by atoms with Crippen LogP contribution in [-0.2, 0) is 14.3 Å². The second kappa shape index (κ2) is 7.31. The minimum atomic E-state index is -0.436. The van der Waals surface area contributed by atoms with E-state index >= 15 is 0 Å². The first-order chi connectivity index (χ1) is 12.1. The number of carbonyl (C=O) groups excluding carboxylic acids is 2. The standard InChI is InChI=1S/C16H16N4O4S/c1-23-11-5-3-4-10(8-11)12-9-25-16-18-15(19-20(12)16)17-13(21)6-7-14(22)24-2/h3-5,8-9H,6-7H2,1-2H3,(H,17,19,21). The molecule has 2 aromatic heterocycles. The van der Waals surface area contributed by atoms with E-state index in [1.807, 2.05) is 29.6 Å². The molecule has 0 aliphatic carbocycles. The first kappa shape index (κ1) is 16.9. The molecule has 9 heteroatoms. The van der Waals surface area contributed by atoms with Crippen molar-refractivity contribution in [2.75, 3.05) is 19.5 Å². The fraction of sp³-hybridized carbons (Fsp3) is 0.250. The van der Waals surface area contributed by atoms with Crippen LogP contribution in [0.25, 0.3) is 16.2 Å². The van der Waals surface area contributed by atoms with Crippen molar-refractivity contribution in [3.05, 3.63) is 29.6 Å². The van der Waals surface area contributed by atoms with E-state index < -0.39 is 5.97 Å². The molecule has 25 heavy (non-hydrogen) atoms. The number of hydrogen-bond acceptors (Lipinski definition) is 7. The molecule has 3 aromatic rings. The molecule has 3 rings (SSSR count). The second-order valence-electron chi connectivity index (χ2n) is 5.11. The predicted molar refractivity (Wildman–Crippen MR) is 92.7 cm³/mol. The van der Waals surface area contributed by atoms with Gasteiger partial charge in [-0.05, 0) is 12.1 Å². The minimum Gasteiger partial charge on any atom is -0.497 e. The summed E-state index contributed by atoms with van der Waals surface area (Å²) in [5.41, 5.74) is 1.78. The van der Waals surface area contributed by atoms with Gasteiger partial charge in [0, 0.05) is 17.4 Å². The van der Waals surface area contributed by atoms with Crippen molar-refractivity contribution in [3.8, 4) is 17.0 Å². The topological polar surface area (TPSA) is 94.8 Å². The van der Waals surface area contributed by atoms with Gasteiger partial charge in [-0.3, -0.25) is 14.9 Å². The highest BCUT2D eigenvalue weighted by Gasteiger charge is 2.14. The molecule has 0 radical (unpaired) electrons. The number of esters is 1. The van der Waals surface area contributed by atoms with Gasteiger partial charge in [-0.2, -0.15) is 4.98 Å². The molecule has 1 N–H and O–H groups in total. The van der Waals surface area contributed by atoms with Gasteiger partial charge in [0.1, 0.15) is 5.75 Å². The number of amides is 1. The number of nitrogens with zero attached hydrogens (tertiary/aromatic N) is 3. The quantitative estimate of drug-likeness (QED) is 0.678. The molecule has 0 atom stereocenters. The summed E-state index contributed by atoms with van der Waals surface area (Å²) in [7, 11) is 2.89. The molecule has 0 saturated carbocycles. The van der Waals surface area contributed by atoms with Crippen LogP contribution in [-0.4, -0.2) is 40.7 Å². The zero-order valence-corrected chi connectivity index (χ0v) is 14.5. The number of thiazole rings is 1. The number of benzene rings is 1. The molecule has 8 nitrogen and oxygen atoms in total. The Hall–Kier alpha value is -2.94. The maximum Gasteiger partial charge on any atom is 0.306 e. The third-order valence-corrected chi connectivity index (χ3v) is 4.30. The minimum absolute atomic E-state index is 0.0135. The number of ether oxygens (including phenoxy) is 2. The highest BCUT2D eigenvalue weighted by Crippen LogP contribution is 2.28. The predicted octanol–water partition coefficient (Wildman–Crippen LogP) is 2.36. The Balaban J connectivity index is 1.78. The van der Waals surface area contributed by atoms with Crippen molar-refractivity contribution in [2.24, 2.45) is 0 Å². The summed E-state index contributed by atoms with van der Waals surface area (Å²) in [4.78, 5) is 27.9. The monoisotopic (exact) mass is 360 g/mol. The summed E-state index contributed by atoms with van der Waals surface area (Å²) in [5.74, 6) is 0.167. The normalized spacial score (nSPS) is 10.6. The first-order valence-electron chi connectivity index (χ1n) is 7.46. The fourth-order valence-electron chi connectivity index (χ4n) is 2.22. The van der Waals surface area contributed by atoms with E-state index in [4.69, 9.17) is 4.74 Å². The van der Waals surface area contributed by atoms with Gasteiger partial charge in [-0.25, -0.2) is 4.52 Å². The number of fused-ring (bicyclic) bond motifs is 1. The Morgan fingerprint density at radius 2 is 2.12 bits per heavy atom. The number of aromatic nitrogens is 3. The van der Waals surface area contributed by atoms with Crippen LogP contribution >= 0.6 is 11.3 Å². The summed E-state index contributed by atoms with van der Waals surface area (Å²) < 4.78 is 11.4. The lowest BCUT2D eigenvalue weighted by molar-refractivity contribution is -0.141. The number of anilines is 1. The van der Waals surface area contributed by atoms with Crippen molar-refractivity contribution in [3.63, 3.8) is 0 Å². The molecule has 0 aliphatic rings. The Bertz CT molecular complexity index is 918. The highest BCUT2D eigenvalue weighted by molar-refractivity contribution is 7.15. The average molecular weight is 360 g/mol. The summed E-state index contributed by atoms with van der Waals surface area (Å²) in [6, 6.07) is 7.60. The average Bonchev–Trinajstić information content (AvgIpc) is 3.19. The van der Waals surface area contributed by atoms with E-state index in [1.165, 1.54) is 18.4 Å². The summed E-state index contributed by atoms with van der Waals surface area (Å²) in [5, 5.41) is 8.85. The molecule has 0 fully saturated rings. The van der Waals surface area contributed by atoms with E-state index in [1.54, 1.807) is 11.6 Å². The van der Waals surface area contributed by atoms with Crippen LogP contribution in [0, 0.1) is 0 Å². The van der Waals surface area contributed by atoms with Crippen LogP contribution in [0.5, 0.6) is 5.75 Å². The molecule has 0 saturated heterocycles. The highest BCUT2D eigenvalue weighted by atomic mass is 32.1. The van der Waals surface area contributed by atoms with E-state index in [9.17, 15) is 9.59 Å². The zero-order valence-electron chi connectivity index (χ0n) is 13.7. The summed E-state index contributed by atoms with van der Waals surface area (Å²) in [6.07, 6.45) is 0.0296. The molecule has 1 aromatic carbocycles. The zero-order chi connectivity index (χ0) is 17.8. The van der Waals surface area contributed by atoms with Crippen molar-refractivity contribution in [1.29, 1.82) is 0 Å². The van der Waals surface area contributed by atoms with Crippen LogP contribution in [0.2, 0.25) is 0 Å². The van der Waals surface area contributed by atoms with Gasteiger partial charge < -0.3 is 9.47 Å². The summed E-state index contributed by atoms with van der Waals surface area (Å²) >= 11 is 1.42. The molecule has 0 bridgehead atoms. The second-order valence-corrected chi connectivity index (χ2v) is 5.94. The molecular formula is C16H16N4O4S.